The van der Waals surface area contributed by atoms with E-state index in [2.05, 4.69) is 35.7 Å². The minimum Gasteiger partial charge on any atom is -0.542 e. The van der Waals surface area contributed by atoms with Crippen LogP contribution in [0.15, 0.2) is 84.9 Å². The minimum absolute atomic E-state index is 0.0696. The van der Waals surface area contributed by atoms with Gasteiger partial charge in [-0.15, -0.1) is 12.8 Å². The number of aliphatic hydroxyl groups is 2. The number of pyridine rings is 2. The Kier molecular flexibility index (Phi) is 26.1. The molecular formula is C89H93F15N4O14. The van der Waals surface area contributed by atoms with Gasteiger partial charge < -0.3 is 54.0 Å². The van der Waals surface area contributed by atoms with Crippen LogP contribution in [0.2, 0.25) is 0 Å². The number of aliphatic carboxylic acids is 1. The fourth-order valence-corrected chi connectivity index (χ4v) is 20.5. The number of carbonyl (C=O) groups is 6. The molecule has 4 saturated carbocycles. The second-order valence-corrected chi connectivity index (χ2v) is 34.6. The fraction of sp³-hybridized carbons (Fsp3) is 0.551. The first-order valence-electron chi connectivity index (χ1n) is 40.7. The van der Waals surface area contributed by atoms with Gasteiger partial charge in [0.2, 0.25) is 0 Å². The van der Waals surface area contributed by atoms with E-state index in [1.54, 1.807) is 32.9 Å². The van der Waals surface area contributed by atoms with Crippen LogP contribution in [0.4, 0.5) is 70.7 Å². The minimum atomic E-state index is -5.20. The van der Waals surface area contributed by atoms with Crippen LogP contribution in [-0.4, -0.2) is 109 Å². The molecule has 6 fully saturated rings. The zero-order valence-electron chi connectivity index (χ0n) is 67.4. The number of aryl methyl sites for hydroxylation is 2. The summed E-state index contributed by atoms with van der Waals surface area (Å²) in [6.07, 6.45) is -7.13. The van der Waals surface area contributed by atoms with E-state index in [4.69, 9.17) is 46.4 Å². The number of carboxylic acid groups (broad SMARTS) is 1. The second kappa shape index (κ2) is 34.8. The lowest BCUT2D eigenvalue weighted by molar-refractivity contribution is -0.705. The number of aromatic nitrogens is 2. The molecule has 0 radical (unpaired) electrons. The number of hydrogen-bond acceptors (Lipinski definition) is 16. The molecule has 4 heterocycles. The molecular weight excluding hydrogens is 1630 g/mol. The molecule has 33 heteroatoms. The van der Waals surface area contributed by atoms with E-state index in [1.807, 2.05) is 29.6 Å². The number of rotatable bonds is 14. The maximum Gasteiger partial charge on any atom is 0.433 e. The lowest BCUT2D eigenvalue weighted by Gasteiger charge is -2.52. The van der Waals surface area contributed by atoms with Crippen LogP contribution in [-0.2, 0) is 75.7 Å². The summed E-state index contributed by atoms with van der Waals surface area (Å²) in [5.74, 6) is 1.47. The molecule has 14 atom stereocenters. The summed E-state index contributed by atoms with van der Waals surface area (Å²) in [4.78, 5) is 83.3. The van der Waals surface area contributed by atoms with Crippen molar-refractivity contribution in [1.82, 2.24) is 14.9 Å². The third-order valence-electron chi connectivity index (χ3n) is 26.4. The van der Waals surface area contributed by atoms with Gasteiger partial charge in [0.05, 0.1) is 60.4 Å². The third kappa shape index (κ3) is 19.1. The number of ether oxygens (including phenoxy) is 5. The van der Waals surface area contributed by atoms with E-state index in [0.29, 0.717) is 98.8 Å². The molecule has 2 aromatic heterocycles. The lowest BCUT2D eigenvalue weighted by Crippen LogP contribution is -2.92. The summed E-state index contributed by atoms with van der Waals surface area (Å²) in [7, 11) is 0. The first-order chi connectivity index (χ1) is 57.0. The summed E-state index contributed by atoms with van der Waals surface area (Å²) in [5, 5.41) is 32.5. The highest BCUT2D eigenvalue weighted by Gasteiger charge is 2.63. The zero-order chi connectivity index (χ0) is 89.0. The van der Waals surface area contributed by atoms with Crippen LogP contribution >= 0.6 is 0 Å². The van der Waals surface area contributed by atoms with Crippen molar-refractivity contribution >= 4 is 57.7 Å². The normalized spacial score (nSPS) is 26.8. The quantitative estimate of drug-likeness (QED) is 0.0301. The standard InChI is InChI=1S/C46H50F6N2O7.C41H42F6N2O5.C2HF3O2/c1-6-44(58)22-20-33-30-15-13-26-24-27(14-16-28(26)29(30)19-21-43(33,44)5)59-37(55)17-18-38(56)60-40(35-12-7-8-23-54(35)41(57)61-42(2,3)4)32-25-36(46(50,51)52)53-39-31(32)10-9-11-34(39)45(47,48)49;1-3-39(52)19-17-30-27-12-10-23-21-24(11-13-25(23)26(27)16-18-38(30,39)2)53-34(50)14-15-35(51)54-37(32-9-4-5-20-48-32)29-22-33(41(45,46)47)49-36-28(29)7-6-8-31(36)40(42,43)44;3-2(4,5)1(6)7/h1,9-11,14,16,24-25,29-30,33,35,40,58H,7-8,12-13,15,17-23H2,2-5H3;1,6-8,11,13,21-22,26-27,30,32,37,48,52H,4-5,9-10,12,14-20H2,2H3;(H,6,7)/t29-,30-,33+,35?,40?,43+,44+;26-,27-,30+,32?,37?,38+,39+;/m11./s1. The van der Waals surface area contributed by atoms with Crippen LogP contribution < -0.4 is 19.9 Å². The first-order valence-corrected chi connectivity index (χ1v) is 40.7. The van der Waals surface area contributed by atoms with Gasteiger partial charge in [-0.25, -0.2) is 14.8 Å². The molecule has 8 aliphatic rings. The maximum absolute atomic E-state index is 14.3. The molecule has 658 valence electrons. The number of benzene rings is 4. The number of amides is 1. The Labute approximate surface area is 693 Å². The summed E-state index contributed by atoms with van der Waals surface area (Å²) in [6, 6.07) is 16.3. The van der Waals surface area contributed by atoms with Gasteiger partial charge in [0.25, 0.3) is 0 Å². The van der Waals surface area contributed by atoms with E-state index in [0.717, 1.165) is 100.0 Å². The third-order valence-corrected chi connectivity index (χ3v) is 26.4. The molecule has 18 nitrogen and oxygen atoms in total. The summed E-state index contributed by atoms with van der Waals surface area (Å²) in [6.45, 7) is 9.75. The van der Waals surface area contributed by atoms with Crippen molar-refractivity contribution in [3.8, 4) is 36.2 Å². The van der Waals surface area contributed by atoms with Gasteiger partial charge in [-0.2, -0.15) is 65.9 Å². The average Bonchev–Trinajstić information content (AvgIpc) is 1.58. The molecule has 4 unspecified atom stereocenters. The number of esters is 4. The number of para-hydroxylation sites is 2. The van der Waals surface area contributed by atoms with Crippen LogP contribution in [0.1, 0.15) is 243 Å². The molecule has 6 aliphatic carbocycles. The Balaban J connectivity index is 0.000000208. The number of piperidine rings is 2. The van der Waals surface area contributed by atoms with Crippen molar-refractivity contribution in [2.45, 2.75) is 260 Å². The molecule has 0 spiro atoms. The molecule has 4 N–H and O–H groups in total. The van der Waals surface area contributed by atoms with E-state index in [9.17, 15) is 100 Å². The van der Waals surface area contributed by atoms with E-state index in [1.165, 1.54) is 22.1 Å². The average molecular weight is 1730 g/mol. The Morgan fingerprint density at radius 1 is 0.541 bits per heavy atom. The number of alkyl halides is 15. The number of carboxylic acids is 1. The molecule has 1 amide bonds. The lowest BCUT2D eigenvalue weighted by atomic mass is 9.53. The smallest absolute Gasteiger partial charge is 0.433 e. The van der Waals surface area contributed by atoms with Crippen molar-refractivity contribution in [1.29, 1.82) is 0 Å². The zero-order valence-corrected chi connectivity index (χ0v) is 67.4. The highest BCUT2D eigenvalue weighted by atomic mass is 19.4. The van der Waals surface area contributed by atoms with Gasteiger partial charge in [-0.05, 0) is 236 Å². The van der Waals surface area contributed by atoms with Crippen LogP contribution in [0.3, 0.4) is 0 Å². The Bertz CT molecular complexity index is 5060. The van der Waals surface area contributed by atoms with Gasteiger partial charge in [0.15, 0.2) is 6.10 Å². The highest BCUT2D eigenvalue weighted by molar-refractivity contribution is 5.89. The number of fused-ring (bicyclic) bond motifs is 12. The number of carbonyl (C=O) groups excluding carboxylic acids is 6. The van der Waals surface area contributed by atoms with Crippen molar-refractivity contribution in [3.05, 3.63) is 141 Å². The molecule has 0 bridgehead atoms. The fourth-order valence-electron chi connectivity index (χ4n) is 20.5. The first kappa shape index (κ1) is 91.5. The number of hydrogen-bond donors (Lipinski definition) is 3. The van der Waals surface area contributed by atoms with Gasteiger partial charge >= 0.3 is 60.9 Å². The summed E-state index contributed by atoms with van der Waals surface area (Å²) in [5.41, 5.74) is -7.82. The van der Waals surface area contributed by atoms with Gasteiger partial charge in [0, 0.05) is 45.7 Å². The molecule has 14 rings (SSSR count). The number of halogens is 15. The van der Waals surface area contributed by atoms with E-state index >= 15 is 0 Å². The van der Waals surface area contributed by atoms with Crippen LogP contribution in [0, 0.1) is 59.2 Å². The van der Waals surface area contributed by atoms with Gasteiger partial charge in [-0.3, -0.25) is 19.2 Å². The SMILES string of the molecule is C#C[C@]1(O)CC[C@H]2[C@@H]3CCc4cc(OC(=O)CCC(=O)OC(c5cc(C(F)(F)F)nc6c(C(F)(F)F)cccc56)C5CCCCN5C(=O)OC(C)(C)C)ccc4[C@H]3CC[C@@]21C.C#C[C@]1(O)CC[C@H]2[C@@H]3CCc4cc(OC(=O)CCC(=O)OC(c5cc(C(F)(F)F)nc6c(C(F)(F)F)cccc56)C5CCCC[NH2+]5)ccc4[C@H]3CC[C@@]21C.O=C([O-])C(F)(F)F. The number of nitrogens with zero attached hydrogens (tertiary/aromatic N) is 3. The molecule has 2 aliphatic heterocycles. The number of nitrogens with two attached hydrogens (primary N) is 1. The largest absolute Gasteiger partial charge is 0.542 e. The summed E-state index contributed by atoms with van der Waals surface area (Å²) < 4.78 is 230. The van der Waals surface area contributed by atoms with Crippen LogP contribution in [0.25, 0.3) is 21.8 Å². The van der Waals surface area contributed by atoms with Crippen molar-refractivity contribution in [3.63, 3.8) is 0 Å². The Hall–Kier alpha value is -9.73. The maximum atomic E-state index is 14.3. The molecule has 122 heavy (non-hydrogen) atoms. The monoisotopic (exact) mass is 1730 g/mol. The van der Waals surface area contributed by atoms with Crippen molar-refractivity contribution in [2.75, 3.05) is 13.1 Å². The van der Waals surface area contributed by atoms with Crippen molar-refractivity contribution < 1.29 is 139 Å². The molecule has 6 aromatic rings. The van der Waals surface area contributed by atoms with E-state index in [-0.39, 0.29) is 64.1 Å². The van der Waals surface area contributed by atoms with Crippen molar-refractivity contribution in [2.24, 2.45) is 34.5 Å². The topological polar surface area (TPSA) is 258 Å². The Morgan fingerprint density at radius 2 is 0.967 bits per heavy atom. The Morgan fingerprint density at radius 3 is 1.37 bits per heavy atom. The predicted octanol–water partition coefficient (Wildman–Crippen LogP) is 17.1. The highest BCUT2D eigenvalue weighted by Crippen LogP contribution is 2.66. The summed E-state index contributed by atoms with van der Waals surface area (Å²) >= 11 is 0. The second-order valence-electron chi connectivity index (χ2n) is 34.6. The molecule has 4 aromatic carbocycles. The molecule has 2 saturated heterocycles. The van der Waals surface area contributed by atoms with Gasteiger partial charge in [0.1, 0.15) is 57.8 Å². The number of likely N-dealkylation sites (tertiary alicyclic amines) is 1. The number of terminal acetylenes is 2. The van der Waals surface area contributed by atoms with Gasteiger partial charge in [-0.1, -0.05) is 62.1 Å². The van der Waals surface area contributed by atoms with Crippen LogP contribution in [0.5, 0.6) is 11.5 Å². The van der Waals surface area contributed by atoms with E-state index < -0.39 is 166 Å². The predicted molar refractivity (Wildman–Crippen MR) is 407 cm³/mol. The number of quaternary nitrogens is 1.